The molecule has 152 valence electrons. The zero-order valence-electron chi connectivity index (χ0n) is 16.8. The van der Waals surface area contributed by atoms with E-state index in [2.05, 4.69) is 0 Å². The average Bonchev–Trinajstić information content (AvgIpc) is 3.02. The van der Waals surface area contributed by atoms with Crippen LogP contribution < -0.4 is 9.47 Å². The fourth-order valence-corrected chi connectivity index (χ4v) is 3.48. The van der Waals surface area contributed by atoms with E-state index in [1.807, 2.05) is 19.1 Å². The molecule has 0 spiro atoms. The van der Waals surface area contributed by atoms with Gasteiger partial charge in [0.1, 0.15) is 17.3 Å². The molecule has 2 aromatic carbocycles. The van der Waals surface area contributed by atoms with Crippen molar-refractivity contribution in [2.24, 2.45) is 0 Å². The highest BCUT2D eigenvalue weighted by atomic mass is 16.5. The van der Waals surface area contributed by atoms with Crippen molar-refractivity contribution in [3.63, 3.8) is 0 Å². The molecule has 1 aliphatic rings. The predicted molar refractivity (Wildman–Crippen MR) is 110 cm³/mol. The van der Waals surface area contributed by atoms with E-state index >= 15 is 0 Å². The van der Waals surface area contributed by atoms with Gasteiger partial charge >= 0.3 is 0 Å². The fraction of sp³-hybridized carbons (Fsp3) is 0.304. The minimum atomic E-state index is -0.671. The number of hydrogen-bond acceptors (Lipinski definition) is 5. The summed E-state index contributed by atoms with van der Waals surface area (Å²) in [6.45, 7) is 2.47. The van der Waals surface area contributed by atoms with Crippen LogP contribution in [0.3, 0.4) is 0 Å². The number of Topliss-reactive ketones (excluding diaryl/α,β-unsaturated/α-hetero) is 1. The molecular formula is C23H25NO5. The Bertz CT molecular complexity index is 915. The molecule has 0 radical (unpaired) electrons. The second kappa shape index (κ2) is 8.82. The van der Waals surface area contributed by atoms with Gasteiger partial charge in [0.2, 0.25) is 0 Å². The molecule has 29 heavy (non-hydrogen) atoms. The van der Waals surface area contributed by atoms with Crippen LogP contribution in [0.5, 0.6) is 11.5 Å². The van der Waals surface area contributed by atoms with E-state index in [0.29, 0.717) is 23.6 Å². The van der Waals surface area contributed by atoms with E-state index in [4.69, 9.17) is 9.47 Å². The molecule has 1 fully saturated rings. The van der Waals surface area contributed by atoms with Crippen LogP contribution in [0.15, 0.2) is 54.1 Å². The number of ketones is 1. The molecule has 1 heterocycles. The summed E-state index contributed by atoms with van der Waals surface area (Å²) in [4.78, 5) is 27.2. The highest BCUT2D eigenvalue weighted by Crippen LogP contribution is 2.40. The molecule has 0 bridgehead atoms. The molecule has 0 aliphatic carbocycles. The molecule has 1 saturated heterocycles. The highest BCUT2D eigenvalue weighted by molar-refractivity contribution is 6.46. The molecule has 0 unspecified atom stereocenters. The van der Waals surface area contributed by atoms with Crippen molar-refractivity contribution in [1.82, 2.24) is 4.90 Å². The van der Waals surface area contributed by atoms with E-state index in [1.54, 1.807) is 55.5 Å². The third-order valence-electron chi connectivity index (χ3n) is 5.09. The van der Waals surface area contributed by atoms with Gasteiger partial charge in [0, 0.05) is 12.1 Å². The van der Waals surface area contributed by atoms with Crippen LogP contribution in [0.4, 0.5) is 0 Å². The lowest BCUT2D eigenvalue weighted by Gasteiger charge is -2.25. The van der Waals surface area contributed by atoms with Crippen LogP contribution in [0, 0.1) is 0 Å². The summed E-state index contributed by atoms with van der Waals surface area (Å²) in [6.07, 6.45) is 1.65. The second-order valence-electron chi connectivity index (χ2n) is 6.85. The van der Waals surface area contributed by atoms with Crippen LogP contribution in [0.25, 0.3) is 5.76 Å². The van der Waals surface area contributed by atoms with Crippen molar-refractivity contribution in [2.75, 3.05) is 20.8 Å². The van der Waals surface area contributed by atoms with E-state index < -0.39 is 17.7 Å². The van der Waals surface area contributed by atoms with Crippen molar-refractivity contribution in [3.05, 3.63) is 65.2 Å². The first-order valence-electron chi connectivity index (χ1n) is 9.58. The Morgan fingerprint density at radius 1 is 0.966 bits per heavy atom. The maximum Gasteiger partial charge on any atom is 0.295 e. The molecule has 3 rings (SSSR count). The minimum Gasteiger partial charge on any atom is -0.507 e. The van der Waals surface area contributed by atoms with Gasteiger partial charge in [-0.15, -0.1) is 0 Å². The average molecular weight is 395 g/mol. The SMILES string of the molecule is CCCCN1C(=O)C(=O)C(=C(O)c2ccc(OC)cc2)[C@H]1c1ccc(OC)cc1. The number of carbonyl (C=O) groups excluding carboxylic acids is 2. The molecule has 1 atom stereocenters. The molecule has 1 aliphatic heterocycles. The van der Waals surface area contributed by atoms with Crippen LogP contribution in [0.2, 0.25) is 0 Å². The smallest absolute Gasteiger partial charge is 0.295 e. The molecule has 6 nitrogen and oxygen atoms in total. The quantitative estimate of drug-likeness (QED) is 0.437. The number of hydrogen-bond donors (Lipinski definition) is 1. The van der Waals surface area contributed by atoms with Crippen LogP contribution >= 0.6 is 0 Å². The lowest BCUT2D eigenvalue weighted by atomic mass is 9.95. The molecule has 2 aromatic rings. The van der Waals surface area contributed by atoms with Gasteiger partial charge in [-0.25, -0.2) is 0 Å². The topological polar surface area (TPSA) is 76.1 Å². The highest BCUT2D eigenvalue weighted by Gasteiger charge is 2.45. The van der Waals surface area contributed by atoms with E-state index in [1.165, 1.54) is 0 Å². The predicted octanol–water partition coefficient (Wildman–Crippen LogP) is 3.93. The summed E-state index contributed by atoms with van der Waals surface area (Å²) in [5.74, 6) is -0.138. The molecular weight excluding hydrogens is 370 g/mol. The Morgan fingerprint density at radius 2 is 1.52 bits per heavy atom. The Labute approximate surface area is 170 Å². The molecule has 6 heteroatoms. The maximum absolute atomic E-state index is 12.9. The van der Waals surface area contributed by atoms with Crippen LogP contribution in [0.1, 0.15) is 36.9 Å². The van der Waals surface area contributed by atoms with Gasteiger partial charge in [-0.05, 0) is 48.4 Å². The van der Waals surface area contributed by atoms with Crippen molar-refractivity contribution in [3.8, 4) is 11.5 Å². The van der Waals surface area contributed by atoms with Crippen molar-refractivity contribution >= 4 is 17.4 Å². The number of aliphatic hydroxyl groups is 1. The molecule has 1 amide bonds. The van der Waals surface area contributed by atoms with Crippen molar-refractivity contribution in [2.45, 2.75) is 25.8 Å². The summed E-state index contributed by atoms with van der Waals surface area (Å²) >= 11 is 0. The zero-order valence-corrected chi connectivity index (χ0v) is 16.8. The normalized spacial score (nSPS) is 18.2. The summed E-state index contributed by atoms with van der Waals surface area (Å²) in [5.41, 5.74) is 1.30. The number of likely N-dealkylation sites (tertiary alicyclic amines) is 1. The largest absolute Gasteiger partial charge is 0.507 e. The summed E-state index contributed by atoms with van der Waals surface area (Å²) in [5, 5.41) is 11.0. The number of carbonyl (C=O) groups is 2. The number of benzene rings is 2. The van der Waals surface area contributed by atoms with Gasteiger partial charge in [-0.1, -0.05) is 25.5 Å². The van der Waals surface area contributed by atoms with Gasteiger partial charge in [-0.3, -0.25) is 9.59 Å². The van der Waals surface area contributed by atoms with Gasteiger partial charge in [0.15, 0.2) is 0 Å². The lowest BCUT2D eigenvalue weighted by molar-refractivity contribution is -0.139. The maximum atomic E-state index is 12.9. The standard InChI is InChI=1S/C23H25NO5/c1-4-5-14-24-20(15-6-10-17(28-2)11-7-15)19(22(26)23(24)27)21(25)16-8-12-18(29-3)13-9-16/h6-13,20,25H,4-5,14H2,1-3H3/t20-/m1/s1. The number of methoxy groups -OCH3 is 2. The Hall–Kier alpha value is -3.28. The molecule has 0 aromatic heterocycles. The van der Waals surface area contributed by atoms with Gasteiger partial charge < -0.3 is 19.5 Å². The minimum absolute atomic E-state index is 0.0986. The third-order valence-corrected chi connectivity index (χ3v) is 5.09. The first-order chi connectivity index (χ1) is 14.0. The lowest BCUT2D eigenvalue weighted by Crippen LogP contribution is -2.30. The van der Waals surface area contributed by atoms with Gasteiger partial charge in [0.25, 0.3) is 11.7 Å². The zero-order chi connectivity index (χ0) is 21.0. The first kappa shape index (κ1) is 20.5. The number of unbranched alkanes of at least 4 members (excludes halogenated alkanes) is 1. The van der Waals surface area contributed by atoms with Crippen LogP contribution in [-0.4, -0.2) is 42.5 Å². The fourth-order valence-electron chi connectivity index (χ4n) is 3.48. The summed E-state index contributed by atoms with van der Waals surface area (Å²) in [7, 11) is 3.13. The van der Waals surface area contributed by atoms with Gasteiger partial charge in [0.05, 0.1) is 25.8 Å². The third kappa shape index (κ3) is 3.97. The Balaban J connectivity index is 2.11. The Morgan fingerprint density at radius 3 is 2.03 bits per heavy atom. The molecule has 1 N–H and O–H groups in total. The second-order valence-corrected chi connectivity index (χ2v) is 6.85. The van der Waals surface area contributed by atoms with Crippen LogP contribution in [-0.2, 0) is 9.59 Å². The number of rotatable bonds is 7. The number of nitrogens with zero attached hydrogens (tertiary/aromatic N) is 1. The van der Waals surface area contributed by atoms with Crippen molar-refractivity contribution < 1.29 is 24.2 Å². The molecule has 0 saturated carbocycles. The van der Waals surface area contributed by atoms with E-state index in [9.17, 15) is 14.7 Å². The number of ether oxygens (including phenoxy) is 2. The van der Waals surface area contributed by atoms with Gasteiger partial charge in [-0.2, -0.15) is 0 Å². The van der Waals surface area contributed by atoms with E-state index in [-0.39, 0.29) is 11.3 Å². The summed E-state index contributed by atoms with van der Waals surface area (Å²) < 4.78 is 10.4. The van der Waals surface area contributed by atoms with Crippen molar-refractivity contribution in [1.29, 1.82) is 0 Å². The summed E-state index contributed by atoms with van der Waals surface area (Å²) in [6, 6.07) is 13.3. The van der Waals surface area contributed by atoms with E-state index in [0.717, 1.165) is 18.4 Å². The Kier molecular flexibility index (Phi) is 6.22. The first-order valence-corrected chi connectivity index (χ1v) is 9.58. The monoisotopic (exact) mass is 395 g/mol. The number of amides is 1. The number of aliphatic hydroxyl groups excluding tert-OH is 1.